The van der Waals surface area contributed by atoms with Crippen LogP contribution in [0, 0.1) is 10.1 Å². The van der Waals surface area contributed by atoms with Crippen LogP contribution in [0.25, 0.3) is 0 Å². The maximum Gasteiger partial charge on any atom is 0.269 e. The van der Waals surface area contributed by atoms with Crippen molar-refractivity contribution in [2.75, 3.05) is 13.2 Å². The van der Waals surface area contributed by atoms with E-state index in [2.05, 4.69) is 0 Å². The molecule has 1 fully saturated rings. The Morgan fingerprint density at radius 1 is 1.60 bits per heavy atom. The van der Waals surface area contributed by atoms with E-state index in [1.807, 2.05) is 0 Å². The summed E-state index contributed by atoms with van der Waals surface area (Å²) in [6, 6.07) is 6.04. The van der Waals surface area contributed by atoms with E-state index in [-0.39, 0.29) is 24.2 Å². The molecule has 2 atom stereocenters. The van der Waals surface area contributed by atoms with Crippen molar-refractivity contribution in [1.82, 2.24) is 4.90 Å². The summed E-state index contributed by atoms with van der Waals surface area (Å²) in [4.78, 5) is 24.4. The van der Waals surface area contributed by atoms with Gasteiger partial charge in [-0.2, -0.15) is 0 Å². The molecule has 0 bridgehead atoms. The Kier molecular flexibility index (Phi) is 4.34. The van der Waals surface area contributed by atoms with Crippen LogP contribution in [0.2, 0.25) is 0 Å². The van der Waals surface area contributed by atoms with Crippen molar-refractivity contribution in [3.8, 4) is 0 Å². The Labute approximate surface area is 117 Å². The predicted octanol–water partition coefficient (Wildman–Crippen LogP) is 1.68. The molecule has 1 aliphatic rings. The molecule has 2 rings (SSSR count). The van der Waals surface area contributed by atoms with E-state index in [0.717, 1.165) is 12.8 Å². The Morgan fingerprint density at radius 2 is 2.35 bits per heavy atom. The highest BCUT2D eigenvalue weighted by Gasteiger charge is 2.31. The summed E-state index contributed by atoms with van der Waals surface area (Å²) < 4.78 is 0. The van der Waals surface area contributed by atoms with Gasteiger partial charge in [-0.05, 0) is 25.3 Å². The van der Waals surface area contributed by atoms with Crippen LogP contribution in [-0.4, -0.2) is 40.0 Å². The Balaban J connectivity index is 2.18. The molecule has 0 radical (unpaired) electrons. The first kappa shape index (κ1) is 14.5. The molecule has 6 heteroatoms. The number of carbonyl (C=O) groups excluding carboxylic acids is 1. The second kappa shape index (κ2) is 6.00. The highest BCUT2D eigenvalue weighted by molar-refractivity contribution is 5.84. The van der Waals surface area contributed by atoms with E-state index in [4.69, 9.17) is 0 Å². The van der Waals surface area contributed by atoms with E-state index in [9.17, 15) is 20.0 Å². The van der Waals surface area contributed by atoms with Crippen molar-refractivity contribution >= 4 is 11.6 Å². The molecule has 1 amide bonds. The first-order valence-corrected chi connectivity index (χ1v) is 6.70. The summed E-state index contributed by atoms with van der Waals surface area (Å²) in [5.74, 6) is -0.524. The molecule has 1 heterocycles. The second-order valence-electron chi connectivity index (χ2n) is 5.08. The van der Waals surface area contributed by atoms with Crippen molar-refractivity contribution < 1.29 is 14.8 Å². The van der Waals surface area contributed by atoms with Crippen molar-refractivity contribution in [3.63, 3.8) is 0 Å². The van der Waals surface area contributed by atoms with Crippen molar-refractivity contribution in [2.24, 2.45) is 0 Å². The van der Waals surface area contributed by atoms with Crippen LogP contribution in [0.1, 0.15) is 31.2 Å². The number of aliphatic hydroxyl groups excluding tert-OH is 1. The first-order valence-electron chi connectivity index (χ1n) is 6.70. The van der Waals surface area contributed by atoms with Crippen LogP contribution >= 0.6 is 0 Å². The highest BCUT2D eigenvalue weighted by Crippen LogP contribution is 2.26. The molecule has 20 heavy (non-hydrogen) atoms. The topological polar surface area (TPSA) is 83.7 Å². The summed E-state index contributed by atoms with van der Waals surface area (Å²) in [5, 5.41) is 20.0. The number of nitro groups is 1. The van der Waals surface area contributed by atoms with E-state index >= 15 is 0 Å². The molecule has 0 spiro atoms. The molecule has 2 unspecified atom stereocenters. The average Bonchev–Trinajstić information content (AvgIpc) is 2.94. The summed E-state index contributed by atoms with van der Waals surface area (Å²) >= 11 is 0. The van der Waals surface area contributed by atoms with E-state index in [1.54, 1.807) is 24.0 Å². The summed E-state index contributed by atoms with van der Waals surface area (Å²) in [5.41, 5.74) is 0.620. The monoisotopic (exact) mass is 278 g/mol. The molecule has 1 N–H and O–H groups in total. The molecule has 1 aromatic carbocycles. The van der Waals surface area contributed by atoms with Crippen LogP contribution < -0.4 is 0 Å². The number of hydrogen-bond donors (Lipinski definition) is 1. The maximum absolute atomic E-state index is 12.4. The van der Waals surface area contributed by atoms with E-state index < -0.39 is 10.8 Å². The van der Waals surface area contributed by atoms with E-state index in [0.29, 0.717) is 12.1 Å². The normalized spacial score (nSPS) is 19.9. The summed E-state index contributed by atoms with van der Waals surface area (Å²) in [6.45, 7) is 2.35. The van der Waals surface area contributed by atoms with Gasteiger partial charge in [-0.25, -0.2) is 0 Å². The third-order valence-electron chi connectivity index (χ3n) is 3.82. The quantitative estimate of drug-likeness (QED) is 0.671. The number of benzene rings is 1. The fraction of sp³-hybridized carbons (Fsp3) is 0.500. The largest absolute Gasteiger partial charge is 0.394 e. The Hall–Kier alpha value is -1.95. The molecule has 108 valence electrons. The Morgan fingerprint density at radius 3 is 3.00 bits per heavy atom. The molecule has 0 aromatic heterocycles. The van der Waals surface area contributed by atoms with Gasteiger partial charge in [0, 0.05) is 18.7 Å². The molecular weight excluding hydrogens is 260 g/mol. The predicted molar refractivity (Wildman–Crippen MR) is 73.3 cm³/mol. The zero-order valence-corrected chi connectivity index (χ0v) is 11.4. The number of nitro benzene ring substituents is 1. The van der Waals surface area contributed by atoms with Crippen LogP contribution in [-0.2, 0) is 4.79 Å². The zero-order chi connectivity index (χ0) is 14.7. The van der Waals surface area contributed by atoms with Crippen LogP contribution in [0.4, 0.5) is 5.69 Å². The molecule has 0 saturated carbocycles. The molecular formula is C14H18N2O4. The second-order valence-corrected chi connectivity index (χ2v) is 5.08. The van der Waals surface area contributed by atoms with Crippen molar-refractivity contribution in [1.29, 1.82) is 0 Å². The lowest BCUT2D eigenvalue weighted by Crippen LogP contribution is -2.39. The number of amides is 1. The van der Waals surface area contributed by atoms with Gasteiger partial charge in [0.05, 0.1) is 23.5 Å². The molecule has 0 aliphatic carbocycles. The SMILES string of the molecule is CC(C(=O)N1CCCC1CO)c1cccc([N+](=O)[O-])c1. The third kappa shape index (κ3) is 2.80. The first-order chi connectivity index (χ1) is 9.54. The van der Waals surface area contributed by atoms with Gasteiger partial charge < -0.3 is 10.0 Å². The van der Waals surface area contributed by atoms with Gasteiger partial charge in [0.2, 0.25) is 5.91 Å². The number of hydrogen-bond acceptors (Lipinski definition) is 4. The summed E-state index contributed by atoms with van der Waals surface area (Å²) in [7, 11) is 0. The molecule has 1 aromatic rings. The summed E-state index contributed by atoms with van der Waals surface area (Å²) in [6.07, 6.45) is 1.70. The lowest BCUT2D eigenvalue weighted by Gasteiger charge is -2.26. The van der Waals surface area contributed by atoms with Gasteiger partial charge in [0.25, 0.3) is 5.69 Å². The van der Waals surface area contributed by atoms with Gasteiger partial charge in [-0.3, -0.25) is 14.9 Å². The number of carbonyl (C=O) groups is 1. The van der Waals surface area contributed by atoms with Gasteiger partial charge in [-0.15, -0.1) is 0 Å². The lowest BCUT2D eigenvalue weighted by atomic mass is 9.99. The smallest absolute Gasteiger partial charge is 0.269 e. The standard InChI is InChI=1S/C14H18N2O4/c1-10(11-4-2-5-12(8-11)16(19)20)14(18)15-7-3-6-13(15)9-17/h2,4-5,8,10,13,17H,3,6-7,9H2,1H3. The minimum absolute atomic E-state index is 0.0118. The van der Waals surface area contributed by atoms with Crippen LogP contribution in [0.15, 0.2) is 24.3 Å². The molecule has 6 nitrogen and oxygen atoms in total. The van der Waals surface area contributed by atoms with Gasteiger partial charge in [-0.1, -0.05) is 12.1 Å². The minimum Gasteiger partial charge on any atom is -0.394 e. The van der Waals surface area contributed by atoms with Crippen molar-refractivity contribution in [3.05, 3.63) is 39.9 Å². The Bertz CT molecular complexity index is 518. The van der Waals surface area contributed by atoms with Gasteiger partial charge in [0.1, 0.15) is 0 Å². The van der Waals surface area contributed by atoms with Gasteiger partial charge in [0.15, 0.2) is 0 Å². The van der Waals surface area contributed by atoms with Gasteiger partial charge >= 0.3 is 0 Å². The fourth-order valence-electron chi connectivity index (χ4n) is 2.61. The number of nitrogens with zero attached hydrogens (tertiary/aromatic N) is 2. The fourth-order valence-corrected chi connectivity index (χ4v) is 2.61. The highest BCUT2D eigenvalue weighted by atomic mass is 16.6. The van der Waals surface area contributed by atoms with Crippen molar-refractivity contribution in [2.45, 2.75) is 31.7 Å². The van der Waals surface area contributed by atoms with Crippen LogP contribution in [0.3, 0.4) is 0 Å². The van der Waals surface area contributed by atoms with Crippen LogP contribution in [0.5, 0.6) is 0 Å². The number of non-ortho nitro benzene ring substituents is 1. The maximum atomic E-state index is 12.4. The third-order valence-corrected chi connectivity index (χ3v) is 3.82. The minimum atomic E-state index is -0.465. The number of aliphatic hydroxyl groups is 1. The number of rotatable bonds is 4. The average molecular weight is 278 g/mol. The number of likely N-dealkylation sites (tertiary alicyclic amines) is 1. The molecule has 1 aliphatic heterocycles. The lowest BCUT2D eigenvalue weighted by molar-refractivity contribution is -0.384. The molecule has 1 saturated heterocycles. The van der Waals surface area contributed by atoms with E-state index in [1.165, 1.54) is 12.1 Å². The zero-order valence-electron chi connectivity index (χ0n) is 11.4.